The predicted octanol–water partition coefficient (Wildman–Crippen LogP) is 3.16. The molecular formula is C21H26NO5+. The number of rotatable bonds is 4. The van der Waals surface area contributed by atoms with Crippen molar-refractivity contribution in [3.05, 3.63) is 41.0 Å². The number of hydrogen-bond donors (Lipinski definition) is 0. The quantitative estimate of drug-likeness (QED) is 0.772. The Balaban J connectivity index is 1.90. The minimum absolute atomic E-state index is 0.122. The Labute approximate surface area is 159 Å². The van der Waals surface area contributed by atoms with E-state index in [1.54, 1.807) is 21.3 Å². The fraction of sp³-hybridized carbons (Fsp3) is 0.429. The van der Waals surface area contributed by atoms with Gasteiger partial charge in [-0.25, -0.2) is 0 Å². The van der Waals surface area contributed by atoms with Crippen LogP contribution in [0.15, 0.2) is 24.3 Å². The molecule has 0 saturated heterocycles. The summed E-state index contributed by atoms with van der Waals surface area (Å²) in [5.74, 6) is 3.59. The molecule has 0 bridgehead atoms. The molecule has 6 nitrogen and oxygen atoms in total. The molecule has 2 aromatic rings. The third-order valence-corrected chi connectivity index (χ3v) is 5.59. The standard InChI is InChI=1S/C21H26NO5/c1-22(2)7-6-13-8-16-17(27-12-26-16)11-15(13)20(22)14-9-18(23-3)21(25-5)19(10-14)24-4/h8-11,20H,6-7,12H2,1-5H3/q+1. The lowest BCUT2D eigenvalue weighted by Crippen LogP contribution is -2.48. The second kappa shape index (κ2) is 6.53. The van der Waals surface area contributed by atoms with Gasteiger partial charge in [-0.1, -0.05) is 0 Å². The van der Waals surface area contributed by atoms with E-state index in [-0.39, 0.29) is 12.8 Å². The Morgan fingerprint density at radius 2 is 1.52 bits per heavy atom. The van der Waals surface area contributed by atoms with Crippen molar-refractivity contribution in [2.24, 2.45) is 0 Å². The summed E-state index contributed by atoms with van der Waals surface area (Å²) >= 11 is 0. The zero-order chi connectivity index (χ0) is 19.2. The summed E-state index contributed by atoms with van der Waals surface area (Å²) in [5.41, 5.74) is 3.68. The maximum absolute atomic E-state index is 5.64. The molecule has 1 atom stereocenters. The SMILES string of the molecule is COc1cc(C2c3cc4c(cc3CC[N+]2(C)C)OCO4)cc(OC)c1OC. The third-order valence-electron chi connectivity index (χ3n) is 5.59. The number of methoxy groups -OCH3 is 3. The van der Waals surface area contributed by atoms with Gasteiger partial charge in [-0.15, -0.1) is 0 Å². The van der Waals surface area contributed by atoms with Crippen molar-refractivity contribution in [2.75, 3.05) is 48.8 Å². The molecule has 0 spiro atoms. The highest BCUT2D eigenvalue weighted by molar-refractivity contribution is 5.57. The smallest absolute Gasteiger partial charge is 0.231 e. The molecular weight excluding hydrogens is 346 g/mol. The number of benzene rings is 2. The highest BCUT2D eigenvalue weighted by Gasteiger charge is 2.39. The molecule has 6 heteroatoms. The number of likely N-dealkylation sites (N-methyl/N-ethyl adjacent to an activating group) is 1. The van der Waals surface area contributed by atoms with Crippen molar-refractivity contribution < 1.29 is 28.2 Å². The van der Waals surface area contributed by atoms with Crippen LogP contribution >= 0.6 is 0 Å². The van der Waals surface area contributed by atoms with E-state index in [0.29, 0.717) is 17.2 Å². The molecule has 0 aromatic heterocycles. The van der Waals surface area contributed by atoms with Crippen LogP contribution in [0, 0.1) is 0 Å². The van der Waals surface area contributed by atoms with Gasteiger partial charge in [0.25, 0.3) is 0 Å². The van der Waals surface area contributed by atoms with Crippen LogP contribution in [-0.4, -0.2) is 53.2 Å². The number of quaternary nitrogens is 1. The maximum Gasteiger partial charge on any atom is 0.231 e. The molecule has 1 unspecified atom stereocenters. The predicted molar refractivity (Wildman–Crippen MR) is 101 cm³/mol. The summed E-state index contributed by atoms with van der Waals surface area (Å²) in [6.07, 6.45) is 1.000. The first kappa shape index (κ1) is 17.8. The van der Waals surface area contributed by atoms with Gasteiger partial charge in [0.2, 0.25) is 12.5 Å². The minimum atomic E-state index is 0.122. The topological polar surface area (TPSA) is 46.2 Å². The van der Waals surface area contributed by atoms with E-state index < -0.39 is 0 Å². The van der Waals surface area contributed by atoms with Crippen LogP contribution in [0.4, 0.5) is 0 Å². The fourth-order valence-corrected chi connectivity index (χ4v) is 4.23. The van der Waals surface area contributed by atoms with Crippen molar-refractivity contribution in [3.63, 3.8) is 0 Å². The highest BCUT2D eigenvalue weighted by atomic mass is 16.7. The van der Waals surface area contributed by atoms with Crippen LogP contribution < -0.4 is 23.7 Å². The first-order valence-electron chi connectivity index (χ1n) is 9.03. The van der Waals surface area contributed by atoms with Gasteiger partial charge in [-0.05, 0) is 29.8 Å². The molecule has 2 aromatic carbocycles. The molecule has 0 aliphatic carbocycles. The van der Waals surface area contributed by atoms with Crippen molar-refractivity contribution in [1.82, 2.24) is 0 Å². The molecule has 27 heavy (non-hydrogen) atoms. The number of ether oxygens (including phenoxy) is 5. The molecule has 0 fully saturated rings. The van der Waals surface area contributed by atoms with E-state index in [2.05, 4.69) is 26.2 Å². The molecule has 0 radical (unpaired) electrons. The number of nitrogens with zero attached hydrogens (tertiary/aromatic N) is 1. The van der Waals surface area contributed by atoms with E-state index in [1.807, 2.05) is 12.1 Å². The van der Waals surface area contributed by atoms with Crippen molar-refractivity contribution in [1.29, 1.82) is 0 Å². The summed E-state index contributed by atoms with van der Waals surface area (Å²) in [6, 6.07) is 8.47. The zero-order valence-electron chi connectivity index (χ0n) is 16.5. The Hall–Kier alpha value is -2.60. The summed E-state index contributed by atoms with van der Waals surface area (Å²) < 4.78 is 28.7. The van der Waals surface area contributed by atoms with Gasteiger partial charge in [0.1, 0.15) is 6.04 Å². The molecule has 2 aliphatic heterocycles. The Bertz CT molecular complexity index is 852. The fourth-order valence-electron chi connectivity index (χ4n) is 4.23. The Morgan fingerprint density at radius 3 is 2.11 bits per heavy atom. The van der Waals surface area contributed by atoms with Gasteiger partial charge in [-0.2, -0.15) is 0 Å². The van der Waals surface area contributed by atoms with E-state index >= 15 is 0 Å². The van der Waals surface area contributed by atoms with Crippen LogP contribution in [0.2, 0.25) is 0 Å². The number of hydrogen-bond acceptors (Lipinski definition) is 5. The average Bonchev–Trinajstić information content (AvgIpc) is 3.12. The minimum Gasteiger partial charge on any atom is -0.493 e. The first-order valence-corrected chi connectivity index (χ1v) is 9.03. The summed E-state index contributed by atoms with van der Waals surface area (Å²) in [5, 5.41) is 0. The maximum atomic E-state index is 5.64. The highest BCUT2D eigenvalue weighted by Crippen LogP contribution is 2.47. The summed E-state index contributed by atoms with van der Waals surface area (Å²) in [7, 11) is 9.42. The molecule has 144 valence electrons. The lowest BCUT2D eigenvalue weighted by Gasteiger charge is -2.43. The molecule has 0 amide bonds. The monoisotopic (exact) mass is 372 g/mol. The normalized spacial score (nSPS) is 19.4. The van der Waals surface area contributed by atoms with E-state index in [1.165, 1.54) is 11.1 Å². The van der Waals surface area contributed by atoms with Gasteiger partial charge in [0, 0.05) is 17.5 Å². The van der Waals surface area contributed by atoms with Gasteiger partial charge in [0.05, 0.1) is 42.0 Å². The van der Waals surface area contributed by atoms with Gasteiger partial charge in [0.15, 0.2) is 23.0 Å². The first-order chi connectivity index (χ1) is 13.0. The van der Waals surface area contributed by atoms with Crippen LogP contribution in [-0.2, 0) is 6.42 Å². The van der Waals surface area contributed by atoms with Crippen molar-refractivity contribution in [3.8, 4) is 28.7 Å². The summed E-state index contributed by atoms with van der Waals surface area (Å²) in [6.45, 7) is 1.30. The Kier molecular flexibility index (Phi) is 4.30. The molecule has 0 N–H and O–H groups in total. The van der Waals surface area contributed by atoms with Crippen LogP contribution in [0.5, 0.6) is 28.7 Å². The average molecular weight is 372 g/mol. The van der Waals surface area contributed by atoms with Gasteiger partial charge in [-0.3, -0.25) is 0 Å². The molecule has 2 heterocycles. The lowest BCUT2D eigenvalue weighted by molar-refractivity contribution is -0.917. The van der Waals surface area contributed by atoms with Gasteiger partial charge >= 0.3 is 0 Å². The largest absolute Gasteiger partial charge is 0.493 e. The molecule has 0 saturated carbocycles. The van der Waals surface area contributed by atoms with Crippen LogP contribution in [0.25, 0.3) is 0 Å². The van der Waals surface area contributed by atoms with E-state index in [9.17, 15) is 0 Å². The second-order valence-corrected chi connectivity index (χ2v) is 7.52. The zero-order valence-corrected chi connectivity index (χ0v) is 16.5. The van der Waals surface area contributed by atoms with Crippen molar-refractivity contribution in [2.45, 2.75) is 12.5 Å². The third kappa shape index (κ3) is 2.84. The number of fused-ring (bicyclic) bond motifs is 2. The lowest BCUT2D eigenvalue weighted by atomic mass is 9.86. The second-order valence-electron chi connectivity index (χ2n) is 7.52. The molecule has 2 aliphatic rings. The van der Waals surface area contributed by atoms with E-state index in [4.69, 9.17) is 23.7 Å². The van der Waals surface area contributed by atoms with Crippen molar-refractivity contribution >= 4 is 0 Å². The molecule has 4 rings (SSSR count). The Morgan fingerprint density at radius 1 is 0.889 bits per heavy atom. The van der Waals surface area contributed by atoms with Gasteiger partial charge < -0.3 is 28.2 Å². The summed E-state index contributed by atoms with van der Waals surface area (Å²) in [4.78, 5) is 0. The van der Waals surface area contributed by atoms with Crippen LogP contribution in [0.1, 0.15) is 22.7 Å². The van der Waals surface area contributed by atoms with E-state index in [0.717, 1.165) is 34.5 Å². The van der Waals surface area contributed by atoms with Crippen LogP contribution in [0.3, 0.4) is 0 Å².